The van der Waals surface area contributed by atoms with Crippen molar-refractivity contribution in [2.75, 3.05) is 6.54 Å². The number of fused-ring (bicyclic) bond motifs is 3. The molecule has 2 aliphatic carbocycles. The van der Waals surface area contributed by atoms with Crippen molar-refractivity contribution in [3.63, 3.8) is 0 Å². The number of aryl methyl sites for hydroxylation is 1. The summed E-state index contributed by atoms with van der Waals surface area (Å²) in [6.45, 7) is 2.26. The number of hydrogen-bond acceptors (Lipinski definition) is 4. The summed E-state index contributed by atoms with van der Waals surface area (Å²) < 4.78 is 28.0. The van der Waals surface area contributed by atoms with Crippen LogP contribution in [0.2, 0.25) is 0 Å². The molecule has 0 bridgehead atoms. The van der Waals surface area contributed by atoms with Gasteiger partial charge >= 0.3 is 0 Å². The summed E-state index contributed by atoms with van der Waals surface area (Å²) in [4.78, 5) is 26.7. The number of carbonyl (C=O) groups is 2. The maximum atomic E-state index is 13.3. The number of nitrogens with zero attached hydrogens (tertiary/aromatic N) is 1. The van der Waals surface area contributed by atoms with Gasteiger partial charge in [0, 0.05) is 30.0 Å². The van der Waals surface area contributed by atoms with E-state index in [0.29, 0.717) is 25.1 Å². The van der Waals surface area contributed by atoms with Crippen LogP contribution in [0.5, 0.6) is 0 Å². The first kappa shape index (κ1) is 19.2. The van der Waals surface area contributed by atoms with Crippen LogP contribution in [-0.4, -0.2) is 30.8 Å². The lowest BCUT2D eigenvalue weighted by Crippen LogP contribution is -2.33. The minimum atomic E-state index is -3.68. The molecular formula is C24H23NO4S. The molecule has 1 saturated carbocycles. The number of allylic oxidation sites excluding steroid dienone is 2. The Kier molecular flexibility index (Phi) is 4.43. The van der Waals surface area contributed by atoms with Crippen molar-refractivity contribution in [1.82, 2.24) is 4.31 Å². The monoisotopic (exact) mass is 421 g/mol. The van der Waals surface area contributed by atoms with Crippen LogP contribution in [0.15, 0.2) is 71.3 Å². The van der Waals surface area contributed by atoms with E-state index in [0.717, 1.165) is 11.1 Å². The molecule has 0 aromatic heterocycles. The highest BCUT2D eigenvalue weighted by Crippen LogP contribution is 2.51. The molecule has 3 aliphatic rings. The van der Waals surface area contributed by atoms with Gasteiger partial charge in [0.2, 0.25) is 0 Å². The van der Waals surface area contributed by atoms with E-state index in [1.54, 1.807) is 24.3 Å². The van der Waals surface area contributed by atoms with Gasteiger partial charge in [0.1, 0.15) is 5.92 Å². The number of Topliss-reactive ketones (excluding diaryl/α,β-unsaturated/α-hetero) is 2. The van der Waals surface area contributed by atoms with Crippen molar-refractivity contribution in [3.05, 3.63) is 77.5 Å². The summed E-state index contributed by atoms with van der Waals surface area (Å²) in [5.41, 5.74) is 2.42. The van der Waals surface area contributed by atoms with Gasteiger partial charge in [-0.1, -0.05) is 54.1 Å². The Labute approximate surface area is 176 Å². The average molecular weight is 422 g/mol. The first-order chi connectivity index (χ1) is 14.4. The number of ketones is 2. The molecule has 2 fully saturated rings. The largest absolute Gasteiger partial charge is 0.298 e. The van der Waals surface area contributed by atoms with Crippen LogP contribution < -0.4 is 0 Å². The van der Waals surface area contributed by atoms with Crippen LogP contribution >= 0.6 is 0 Å². The SMILES string of the molecule is Cc1ccc(S(=O)(=O)N2CCC3C2=CC[C@@H]2C(=O)[C@@H](c4ccccc4)C(=O)[C@H]32)cc1. The second kappa shape index (κ2) is 6.91. The van der Waals surface area contributed by atoms with E-state index in [2.05, 4.69) is 0 Å². The highest BCUT2D eigenvalue weighted by Gasteiger charge is 2.56. The molecule has 2 aromatic carbocycles. The third-order valence-electron chi connectivity index (χ3n) is 6.76. The molecule has 0 N–H and O–H groups in total. The van der Waals surface area contributed by atoms with Crippen LogP contribution in [0.4, 0.5) is 0 Å². The molecule has 154 valence electrons. The highest BCUT2D eigenvalue weighted by molar-refractivity contribution is 7.89. The fraction of sp³-hybridized carbons (Fsp3) is 0.333. The molecule has 0 amide bonds. The Hall–Kier alpha value is -2.73. The number of sulfonamides is 1. The first-order valence-corrected chi connectivity index (χ1v) is 11.8. The maximum absolute atomic E-state index is 13.3. The van der Waals surface area contributed by atoms with Crippen LogP contribution in [0, 0.1) is 24.7 Å². The second-order valence-electron chi connectivity index (χ2n) is 8.43. The molecule has 1 heterocycles. The summed E-state index contributed by atoms with van der Waals surface area (Å²) in [5, 5.41) is 0. The fourth-order valence-corrected chi connectivity index (χ4v) is 6.88. The summed E-state index contributed by atoms with van der Waals surface area (Å²) in [7, 11) is -3.68. The Morgan fingerprint density at radius 3 is 2.30 bits per heavy atom. The molecule has 1 aliphatic heterocycles. The van der Waals surface area contributed by atoms with E-state index in [1.807, 2.05) is 43.3 Å². The summed E-state index contributed by atoms with van der Waals surface area (Å²) in [6.07, 6.45) is 2.87. The van der Waals surface area contributed by atoms with Crippen molar-refractivity contribution >= 4 is 21.6 Å². The van der Waals surface area contributed by atoms with Gasteiger partial charge in [-0.3, -0.25) is 13.9 Å². The summed E-state index contributed by atoms with van der Waals surface area (Å²) >= 11 is 0. The standard InChI is InChI=1S/C24H23NO4S/c1-15-7-9-17(10-8-15)30(28,29)25-14-13-18-20(25)12-11-19-22(18)24(27)21(23(19)26)16-5-3-2-4-6-16/h2-10,12,18-19,21-22H,11,13-14H2,1H3/t18?,19-,21+,22+/m0/s1. The zero-order valence-corrected chi connectivity index (χ0v) is 17.5. The lowest BCUT2D eigenvalue weighted by Gasteiger charge is -2.31. The molecule has 1 saturated heterocycles. The Balaban J connectivity index is 1.47. The summed E-state index contributed by atoms with van der Waals surface area (Å²) in [6, 6.07) is 16.0. The topological polar surface area (TPSA) is 71.5 Å². The third kappa shape index (κ3) is 2.77. The quantitative estimate of drug-likeness (QED) is 0.712. The Morgan fingerprint density at radius 1 is 0.900 bits per heavy atom. The van der Waals surface area contributed by atoms with E-state index in [9.17, 15) is 18.0 Å². The van der Waals surface area contributed by atoms with Crippen LogP contribution in [0.3, 0.4) is 0 Å². The molecule has 5 nitrogen and oxygen atoms in total. The lowest BCUT2D eigenvalue weighted by atomic mass is 9.75. The van der Waals surface area contributed by atoms with Gasteiger partial charge < -0.3 is 0 Å². The second-order valence-corrected chi connectivity index (χ2v) is 10.3. The zero-order chi connectivity index (χ0) is 21.0. The molecule has 0 spiro atoms. The van der Waals surface area contributed by atoms with Crippen LogP contribution in [0.1, 0.15) is 29.9 Å². The predicted octanol–water partition coefficient (Wildman–Crippen LogP) is 3.46. The van der Waals surface area contributed by atoms with Crippen molar-refractivity contribution in [2.45, 2.75) is 30.6 Å². The smallest absolute Gasteiger partial charge is 0.264 e. The highest BCUT2D eigenvalue weighted by atomic mass is 32.2. The fourth-order valence-electron chi connectivity index (χ4n) is 5.32. The lowest BCUT2D eigenvalue weighted by molar-refractivity contribution is -0.125. The summed E-state index contributed by atoms with van der Waals surface area (Å²) in [5.74, 6) is -1.79. The average Bonchev–Trinajstić information content (AvgIpc) is 3.28. The molecular weight excluding hydrogens is 398 g/mol. The molecule has 30 heavy (non-hydrogen) atoms. The van der Waals surface area contributed by atoms with Crippen LogP contribution in [-0.2, 0) is 19.6 Å². The van der Waals surface area contributed by atoms with Gasteiger partial charge in [-0.15, -0.1) is 0 Å². The van der Waals surface area contributed by atoms with E-state index in [1.165, 1.54) is 4.31 Å². The van der Waals surface area contributed by atoms with Crippen molar-refractivity contribution < 1.29 is 18.0 Å². The molecule has 6 heteroatoms. The van der Waals surface area contributed by atoms with Gasteiger partial charge in [-0.05, 0) is 37.5 Å². The minimum absolute atomic E-state index is 0.0219. The number of carbonyl (C=O) groups excluding carboxylic acids is 2. The van der Waals surface area contributed by atoms with Gasteiger partial charge in [0.15, 0.2) is 11.6 Å². The Morgan fingerprint density at radius 2 is 1.60 bits per heavy atom. The van der Waals surface area contributed by atoms with Gasteiger partial charge in [0.05, 0.1) is 4.90 Å². The van der Waals surface area contributed by atoms with E-state index in [-0.39, 0.29) is 28.3 Å². The third-order valence-corrected chi connectivity index (χ3v) is 8.61. The van der Waals surface area contributed by atoms with E-state index < -0.39 is 21.9 Å². The van der Waals surface area contributed by atoms with Gasteiger partial charge in [-0.2, -0.15) is 0 Å². The maximum Gasteiger partial charge on any atom is 0.264 e. The Bertz CT molecular complexity index is 1150. The molecule has 4 atom stereocenters. The minimum Gasteiger partial charge on any atom is -0.298 e. The number of hydrogen-bond donors (Lipinski definition) is 0. The molecule has 2 aromatic rings. The van der Waals surface area contributed by atoms with Gasteiger partial charge in [0.25, 0.3) is 10.0 Å². The van der Waals surface area contributed by atoms with Crippen molar-refractivity contribution in [1.29, 1.82) is 0 Å². The molecule has 5 rings (SSSR count). The van der Waals surface area contributed by atoms with Crippen molar-refractivity contribution in [3.8, 4) is 0 Å². The van der Waals surface area contributed by atoms with Crippen molar-refractivity contribution in [2.24, 2.45) is 17.8 Å². The number of benzene rings is 2. The van der Waals surface area contributed by atoms with E-state index in [4.69, 9.17) is 0 Å². The first-order valence-electron chi connectivity index (χ1n) is 10.3. The van der Waals surface area contributed by atoms with Gasteiger partial charge in [-0.25, -0.2) is 8.42 Å². The predicted molar refractivity (Wildman–Crippen MR) is 112 cm³/mol. The number of rotatable bonds is 3. The van der Waals surface area contributed by atoms with Crippen LogP contribution in [0.25, 0.3) is 0 Å². The van der Waals surface area contributed by atoms with E-state index >= 15 is 0 Å². The zero-order valence-electron chi connectivity index (χ0n) is 16.7. The molecule has 1 unspecified atom stereocenters. The molecule has 0 radical (unpaired) electrons. The normalized spacial score (nSPS) is 28.3.